The summed E-state index contributed by atoms with van der Waals surface area (Å²) in [6, 6.07) is 15.1. The van der Waals surface area contributed by atoms with E-state index in [1.807, 2.05) is 55.1 Å². The maximum atomic E-state index is 12.5. The van der Waals surface area contributed by atoms with Gasteiger partial charge in [-0.05, 0) is 38.1 Å². The average molecular weight is 391 g/mol. The van der Waals surface area contributed by atoms with Gasteiger partial charge in [0.1, 0.15) is 6.54 Å². The van der Waals surface area contributed by atoms with Gasteiger partial charge in [0.2, 0.25) is 11.9 Å². The highest BCUT2D eigenvalue weighted by molar-refractivity contribution is 5.90. The number of benzene rings is 2. The highest BCUT2D eigenvalue weighted by Gasteiger charge is 2.26. The molecule has 8 nitrogen and oxygen atoms in total. The lowest BCUT2D eigenvalue weighted by atomic mass is 10.2. The number of fused-ring (bicyclic) bond motifs is 1. The van der Waals surface area contributed by atoms with E-state index < -0.39 is 17.0 Å². The van der Waals surface area contributed by atoms with Crippen LogP contribution in [0.5, 0.6) is 0 Å². The van der Waals surface area contributed by atoms with Crippen molar-refractivity contribution < 1.29 is 4.79 Å². The summed E-state index contributed by atoms with van der Waals surface area (Å²) in [4.78, 5) is 39.2. The summed E-state index contributed by atoms with van der Waals surface area (Å²) in [7, 11) is 0. The highest BCUT2D eigenvalue weighted by atomic mass is 16.2. The summed E-state index contributed by atoms with van der Waals surface area (Å²) in [6.45, 7) is 4.52. The first-order valence-electron chi connectivity index (χ1n) is 9.35. The number of nitrogens with one attached hydrogen (secondary N) is 1. The molecule has 0 fully saturated rings. The first kappa shape index (κ1) is 18.7. The molecule has 0 bridgehead atoms. The second-order valence-corrected chi connectivity index (χ2v) is 7.12. The number of nitrogens with zero attached hydrogens (tertiary/aromatic N) is 4. The number of aromatic nitrogens is 3. The van der Waals surface area contributed by atoms with Gasteiger partial charge in [-0.15, -0.1) is 5.10 Å². The van der Waals surface area contributed by atoms with E-state index >= 15 is 0 Å². The lowest BCUT2D eigenvalue weighted by molar-refractivity contribution is -0.117. The van der Waals surface area contributed by atoms with Crippen molar-refractivity contribution in [3.8, 4) is 0 Å². The van der Waals surface area contributed by atoms with E-state index in [4.69, 9.17) is 0 Å². The molecule has 29 heavy (non-hydrogen) atoms. The molecule has 1 N–H and O–H groups in total. The van der Waals surface area contributed by atoms with Gasteiger partial charge in [0.05, 0.1) is 0 Å². The van der Waals surface area contributed by atoms with E-state index in [-0.39, 0.29) is 6.54 Å². The standard InChI is InChI=1S/C21H21N5O3/c1-14-3-7-16(8-4-14)22-18(27)13-26-20(29)19(28)25-12-11-24(21(25)23-26)17-9-5-15(2)6-10-17/h3-10H,11-13H2,1-2H3,(H,22,27). The molecule has 3 aromatic rings. The van der Waals surface area contributed by atoms with Gasteiger partial charge in [-0.1, -0.05) is 35.4 Å². The minimum absolute atomic E-state index is 0.336. The molecule has 2 heterocycles. The van der Waals surface area contributed by atoms with Crippen LogP contribution in [0.2, 0.25) is 0 Å². The van der Waals surface area contributed by atoms with Crippen LogP contribution in [0.3, 0.4) is 0 Å². The number of hydrogen-bond donors (Lipinski definition) is 1. The molecule has 0 atom stereocenters. The van der Waals surface area contributed by atoms with E-state index in [2.05, 4.69) is 10.4 Å². The molecular weight excluding hydrogens is 370 g/mol. The van der Waals surface area contributed by atoms with Gasteiger partial charge in [0.25, 0.3) is 0 Å². The predicted molar refractivity (Wildman–Crippen MR) is 111 cm³/mol. The largest absolute Gasteiger partial charge is 0.333 e. The van der Waals surface area contributed by atoms with Crippen molar-refractivity contribution in [1.29, 1.82) is 0 Å². The molecule has 0 saturated carbocycles. The Kier molecular flexibility index (Phi) is 4.75. The SMILES string of the molecule is Cc1ccc(NC(=O)Cn2nc3n(c(=O)c2=O)CCN3c2ccc(C)cc2)cc1. The third-order valence-electron chi connectivity index (χ3n) is 4.88. The Labute approximate surface area is 167 Å². The number of hydrogen-bond acceptors (Lipinski definition) is 5. The zero-order chi connectivity index (χ0) is 20.5. The molecule has 0 unspecified atom stereocenters. The monoisotopic (exact) mass is 391 g/mol. The van der Waals surface area contributed by atoms with E-state index in [0.29, 0.717) is 24.7 Å². The molecule has 1 amide bonds. The summed E-state index contributed by atoms with van der Waals surface area (Å²) < 4.78 is 2.29. The van der Waals surface area contributed by atoms with Gasteiger partial charge in [-0.25, -0.2) is 4.68 Å². The van der Waals surface area contributed by atoms with Crippen LogP contribution in [0.25, 0.3) is 0 Å². The van der Waals surface area contributed by atoms with Crippen molar-refractivity contribution in [3.63, 3.8) is 0 Å². The van der Waals surface area contributed by atoms with E-state index in [1.165, 1.54) is 4.57 Å². The Morgan fingerprint density at radius 3 is 2.21 bits per heavy atom. The van der Waals surface area contributed by atoms with Crippen molar-refractivity contribution in [2.24, 2.45) is 0 Å². The summed E-state index contributed by atoms with van der Waals surface area (Å²) in [5, 5.41) is 7.04. The number of aryl methyl sites for hydroxylation is 2. The fourth-order valence-electron chi connectivity index (χ4n) is 3.28. The third-order valence-corrected chi connectivity index (χ3v) is 4.88. The zero-order valence-electron chi connectivity index (χ0n) is 16.3. The summed E-state index contributed by atoms with van der Waals surface area (Å²) >= 11 is 0. The molecule has 8 heteroatoms. The number of carbonyl (C=O) groups excluding carboxylic acids is 1. The second-order valence-electron chi connectivity index (χ2n) is 7.12. The molecule has 4 rings (SSSR count). The van der Waals surface area contributed by atoms with Crippen LogP contribution in [0.1, 0.15) is 11.1 Å². The molecule has 1 aliphatic rings. The average Bonchev–Trinajstić information content (AvgIpc) is 3.12. The second kappa shape index (κ2) is 7.38. The molecule has 0 saturated heterocycles. The minimum atomic E-state index is -0.807. The number of carbonyl (C=O) groups is 1. The lowest BCUT2D eigenvalue weighted by Crippen LogP contribution is -2.44. The molecular formula is C21H21N5O3. The summed E-state index contributed by atoms with van der Waals surface area (Å²) in [5.74, 6) is -0.0609. The zero-order valence-corrected chi connectivity index (χ0v) is 16.3. The van der Waals surface area contributed by atoms with Crippen LogP contribution < -0.4 is 21.3 Å². The van der Waals surface area contributed by atoms with Gasteiger partial charge in [0.15, 0.2) is 0 Å². The van der Waals surface area contributed by atoms with Gasteiger partial charge in [-0.3, -0.25) is 19.0 Å². The van der Waals surface area contributed by atoms with Crippen molar-refractivity contribution in [1.82, 2.24) is 14.3 Å². The topological polar surface area (TPSA) is 89.2 Å². The summed E-state index contributed by atoms with van der Waals surface area (Å²) in [5.41, 5.74) is 2.21. The summed E-state index contributed by atoms with van der Waals surface area (Å²) in [6.07, 6.45) is 0. The van der Waals surface area contributed by atoms with E-state index in [9.17, 15) is 14.4 Å². The molecule has 2 aromatic carbocycles. The van der Waals surface area contributed by atoms with Crippen LogP contribution in [0, 0.1) is 13.8 Å². The Balaban J connectivity index is 1.62. The van der Waals surface area contributed by atoms with Crippen molar-refractivity contribution in [3.05, 3.63) is 80.4 Å². The number of anilines is 3. The normalized spacial score (nSPS) is 12.7. The Morgan fingerprint density at radius 1 is 0.931 bits per heavy atom. The maximum absolute atomic E-state index is 12.5. The van der Waals surface area contributed by atoms with Crippen molar-refractivity contribution in [2.75, 3.05) is 16.8 Å². The number of rotatable bonds is 4. The molecule has 0 spiro atoms. The molecule has 1 aromatic heterocycles. The van der Waals surface area contributed by atoms with Crippen LogP contribution >= 0.6 is 0 Å². The third kappa shape index (κ3) is 3.69. The van der Waals surface area contributed by atoms with Crippen LogP contribution in [-0.4, -0.2) is 26.8 Å². The van der Waals surface area contributed by atoms with Gasteiger partial charge >= 0.3 is 11.1 Å². The van der Waals surface area contributed by atoms with Crippen LogP contribution in [0.4, 0.5) is 17.3 Å². The maximum Gasteiger partial charge on any atom is 0.333 e. The number of amides is 1. The van der Waals surface area contributed by atoms with Crippen molar-refractivity contribution in [2.45, 2.75) is 26.9 Å². The fourth-order valence-corrected chi connectivity index (χ4v) is 3.28. The molecule has 0 radical (unpaired) electrons. The van der Waals surface area contributed by atoms with Crippen LogP contribution in [-0.2, 0) is 17.9 Å². The molecule has 1 aliphatic heterocycles. The van der Waals surface area contributed by atoms with E-state index in [1.54, 1.807) is 12.1 Å². The van der Waals surface area contributed by atoms with E-state index in [0.717, 1.165) is 21.5 Å². The Hall–Kier alpha value is -3.68. The highest BCUT2D eigenvalue weighted by Crippen LogP contribution is 2.26. The predicted octanol–water partition coefficient (Wildman–Crippen LogP) is 1.81. The molecule has 0 aliphatic carbocycles. The van der Waals surface area contributed by atoms with Crippen LogP contribution in [0.15, 0.2) is 58.1 Å². The van der Waals surface area contributed by atoms with Gasteiger partial charge < -0.3 is 10.2 Å². The fraction of sp³-hybridized carbons (Fsp3) is 0.238. The first-order chi connectivity index (χ1) is 13.9. The lowest BCUT2D eigenvalue weighted by Gasteiger charge is -2.18. The molecule has 148 valence electrons. The van der Waals surface area contributed by atoms with Gasteiger partial charge in [-0.2, -0.15) is 0 Å². The van der Waals surface area contributed by atoms with Crippen molar-refractivity contribution >= 4 is 23.2 Å². The minimum Gasteiger partial charge on any atom is -0.324 e. The van der Waals surface area contributed by atoms with Gasteiger partial charge in [0, 0.05) is 24.5 Å². The Bertz CT molecular complexity index is 1180. The first-order valence-corrected chi connectivity index (χ1v) is 9.35. The Morgan fingerprint density at radius 2 is 1.55 bits per heavy atom. The quantitative estimate of drug-likeness (QED) is 0.685. The smallest absolute Gasteiger partial charge is 0.324 e.